The zero-order chi connectivity index (χ0) is 13.5. The molecule has 3 nitrogen and oxygen atoms in total. The Morgan fingerprint density at radius 1 is 1.42 bits per heavy atom. The van der Waals surface area contributed by atoms with E-state index in [0.29, 0.717) is 6.10 Å². The summed E-state index contributed by atoms with van der Waals surface area (Å²) in [6.45, 7) is 6.41. The number of hydrogen-bond donors (Lipinski definition) is 1. The van der Waals surface area contributed by atoms with Crippen molar-refractivity contribution >= 4 is 5.69 Å². The lowest BCUT2D eigenvalue weighted by molar-refractivity contribution is 0.00577. The van der Waals surface area contributed by atoms with Crippen molar-refractivity contribution in [1.82, 2.24) is 4.90 Å². The highest BCUT2D eigenvalue weighted by atomic mass is 16.5. The number of nitrogens with two attached hydrogens (primary N) is 1. The van der Waals surface area contributed by atoms with Gasteiger partial charge in [0, 0.05) is 18.8 Å². The molecule has 0 bridgehead atoms. The molecule has 1 saturated heterocycles. The molecular formula is C16H26N2O. The Morgan fingerprint density at radius 3 is 3.11 bits per heavy atom. The highest BCUT2D eigenvalue weighted by molar-refractivity contribution is 5.40. The van der Waals surface area contributed by atoms with E-state index in [2.05, 4.69) is 24.0 Å². The quantitative estimate of drug-likeness (QED) is 0.801. The Hall–Kier alpha value is -1.06. The smallest absolute Gasteiger partial charge is 0.0702 e. The van der Waals surface area contributed by atoms with Crippen molar-refractivity contribution in [3.63, 3.8) is 0 Å². The van der Waals surface area contributed by atoms with Crippen LogP contribution < -0.4 is 5.73 Å². The predicted molar refractivity (Wildman–Crippen MR) is 80.3 cm³/mol. The molecule has 1 aliphatic rings. The minimum atomic E-state index is 0.450. The molecule has 1 heterocycles. The largest absolute Gasteiger partial charge is 0.399 e. The molecule has 0 radical (unpaired) electrons. The molecule has 1 aliphatic heterocycles. The molecule has 19 heavy (non-hydrogen) atoms. The van der Waals surface area contributed by atoms with Gasteiger partial charge in [-0.1, -0.05) is 12.1 Å². The Bertz CT molecular complexity index is 379. The maximum Gasteiger partial charge on any atom is 0.0702 e. The highest BCUT2D eigenvalue weighted by Gasteiger charge is 2.19. The second kappa shape index (κ2) is 7.51. The standard InChI is InChI=1S/C16H26N2O/c1-2-19-16-9-5-11-18(13-16)10-4-7-14-6-3-8-15(17)12-14/h3,6,8,12,16H,2,4-5,7,9-11,13,17H2,1H3. The van der Waals surface area contributed by atoms with Gasteiger partial charge in [-0.25, -0.2) is 0 Å². The molecule has 1 unspecified atom stereocenters. The first kappa shape index (κ1) is 14.4. The second-order valence-electron chi connectivity index (χ2n) is 5.37. The Morgan fingerprint density at radius 2 is 2.32 bits per heavy atom. The van der Waals surface area contributed by atoms with Gasteiger partial charge in [-0.05, 0) is 63.4 Å². The van der Waals surface area contributed by atoms with Crippen molar-refractivity contribution < 1.29 is 4.74 Å². The number of piperidine rings is 1. The monoisotopic (exact) mass is 262 g/mol. The first-order valence-corrected chi connectivity index (χ1v) is 7.46. The first-order chi connectivity index (χ1) is 9.28. The van der Waals surface area contributed by atoms with Gasteiger partial charge in [-0.15, -0.1) is 0 Å². The van der Waals surface area contributed by atoms with Crippen molar-refractivity contribution in [3.05, 3.63) is 29.8 Å². The summed E-state index contributed by atoms with van der Waals surface area (Å²) in [5, 5.41) is 0. The summed E-state index contributed by atoms with van der Waals surface area (Å²) in [5.74, 6) is 0. The van der Waals surface area contributed by atoms with Gasteiger partial charge in [0.25, 0.3) is 0 Å². The fourth-order valence-corrected chi connectivity index (χ4v) is 2.84. The third-order valence-corrected chi connectivity index (χ3v) is 3.76. The van der Waals surface area contributed by atoms with E-state index in [-0.39, 0.29) is 0 Å². The van der Waals surface area contributed by atoms with Gasteiger partial charge in [-0.2, -0.15) is 0 Å². The van der Waals surface area contributed by atoms with E-state index in [9.17, 15) is 0 Å². The summed E-state index contributed by atoms with van der Waals surface area (Å²) in [6.07, 6.45) is 5.25. The van der Waals surface area contributed by atoms with Gasteiger partial charge in [0.15, 0.2) is 0 Å². The summed E-state index contributed by atoms with van der Waals surface area (Å²) in [6, 6.07) is 8.23. The number of likely N-dealkylation sites (tertiary alicyclic amines) is 1. The molecule has 0 amide bonds. The Balaban J connectivity index is 1.70. The van der Waals surface area contributed by atoms with E-state index in [1.54, 1.807) is 0 Å². The SMILES string of the molecule is CCOC1CCCN(CCCc2cccc(N)c2)C1. The molecule has 0 spiro atoms. The number of aryl methyl sites for hydroxylation is 1. The van der Waals surface area contributed by atoms with E-state index in [0.717, 1.165) is 25.3 Å². The van der Waals surface area contributed by atoms with Gasteiger partial charge in [0.2, 0.25) is 0 Å². The number of rotatable bonds is 6. The molecular weight excluding hydrogens is 236 g/mol. The summed E-state index contributed by atoms with van der Waals surface area (Å²) < 4.78 is 5.74. The van der Waals surface area contributed by atoms with Crippen molar-refractivity contribution in [1.29, 1.82) is 0 Å². The van der Waals surface area contributed by atoms with Gasteiger partial charge in [0.1, 0.15) is 0 Å². The number of hydrogen-bond acceptors (Lipinski definition) is 3. The van der Waals surface area contributed by atoms with Gasteiger partial charge >= 0.3 is 0 Å². The Labute approximate surface area is 116 Å². The van der Waals surface area contributed by atoms with Crippen molar-refractivity contribution in [2.75, 3.05) is 32.0 Å². The van der Waals surface area contributed by atoms with E-state index in [1.165, 1.54) is 37.9 Å². The molecule has 3 heteroatoms. The maximum absolute atomic E-state index is 5.80. The van der Waals surface area contributed by atoms with Gasteiger partial charge in [-0.3, -0.25) is 0 Å². The average molecular weight is 262 g/mol. The lowest BCUT2D eigenvalue weighted by atomic mass is 10.1. The third-order valence-electron chi connectivity index (χ3n) is 3.76. The minimum absolute atomic E-state index is 0.450. The number of nitrogens with zero attached hydrogens (tertiary/aromatic N) is 1. The molecule has 1 atom stereocenters. The van der Waals surface area contributed by atoms with Crippen LogP contribution in [0.2, 0.25) is 0 Å². The lowest BCUT2D eigenvalue weighted by Crippen LogP contribution is -2.40. The molecule has 1 aromatic rings. The van der Waals surface area contributed by atoms with Crippen LogP contribution in [0, 0.1) is 0 Å². The molecule has 0 saturated carbocycles. The number of benzene rings is 1. The average Bonchev–Trinajstić information content (AvgIpc) is 2.40. The fourth-order valence-electron chi connectivity index (χ4n) is 2.84. The number of ether oxygens (including phenoxy) is 1. The third kappa shape index (κ3) is 4.84. The fraction of sp³-hybridized carbons (Fsp3) is 0.625. The molecule has 0 aliphatic carbocycles. The van der Waals surface area contributed by atoms with Crippen LogP contribution in [0.25, 0.3) is 0 Å². The lowest BCUT2D eigenvalue weighted by Gasteiger charge is -2.32. The Kier molecular flexibility index (Phi) is 5.67. The van der Waals surface area contributed by atoms with Crippen molar-refractivity contribution in [2.45, 2.75) is 38.7 Å². The van der Waals surface area contributed by atoms with Crippen LogP contribution in [-0.2, 0) is 11.2 Å². The van der Waals surface area contributed by atoms with E-state index >= 15 is 0 Å². The number of nitrogen functional groups attached to an aromatic ring is 1. The normalized spacial score (nSPS) is 20.6. The zero-order valence-electron chi connectivity index (χ0n) is 12.0. The summed E-state index contributed by atoms with van der Waals surface area (Å²) in [5.41, 5.74) is 8.01. The maximum atomic E-state index is 5.80. The molecule has 106 valence electrons. The van der Waals surface area contributed by atoms with Crippen LogP contribution in [-0.4, -0.2) is 37.2 Å². The van der Waals surface area contributed by atoms with Crippen molar-refractivity contribution in [3.8, 4) is 0 Å². The van der Waals surface area contributed by atoms with Crippen molar-refractivity contribution in [2.24, 2.45) is 0 Å². The highest BCUT2D eigenvalue weighted by Crippen LogP contribution is 2.14. The molecule has 0 aromatic heterocycles. The van der Waals surface area contributed by atoms with E-state index in [1.807, 2.05) is 12.1 Å². The van der Waals surface area contributed by atoms with Crippen LogP contribution >= 0.6 is 0 Å². The van der Waals surface area contributed by atoms with Crippen LogP contribution in [0.4, 0.5) is 5.69 Å². The first-order valence-electron chi connectivity index (χ1n) is 7.46. The molecule has 1 fully saturated rings. The van der Waals surface area contributed by atoms with E-state index in [4.69, 9.17) is 10.5 Å². The van der Waals surface area contributed by atoms with Crippen LogP contribution in [0.1, 0.15) is 31.7 Å². The molecule has 2 rings (SSSR count). The summed E-state index contributed by atoms with van der Waals surface area (Å²) in [7, 11) is 0. The topological polar surface area (TPSA) is 38.5 Å². The predicted octanol–water partition coefficient (Wildman–Crippen LogP) is 2.70. The number of anilines is 1. The van der Waals surface area contributed by atoms with Gasteiger partial charge in [0.05, 0.1) is 6.10 Å². The van der Waals surface area contributed by atoms with Crippen LogP contribution in [0.5, 0.6) is 0 Å². The molecule has 2 N–H and O–H groups in total. The van der Waals surface area contributed by atoms with E-state index < -0.39 is 0 Å². The van der Waals surface area contributed by atoms with Gasteiger partial charge < -0.3 is 15.4 Å². The molecule has 1 aromatic carbocycles. The zero-order valence-corrected chi connectivity index (χ0v) is 12.0. The summed E-state index contributed by atoms with van der Waals surface area (Å²) in [4.78, 5) is 2.54. The second-order valence-corrected chi connectivity index (χ2v) is 5.37. The van der Waals surface area contributed by atoms with Crippen LogP contribution in [0.15, 0.2) is 24.3 Å². The summed E-state index contributed by atoms with van der Waals surface area (Å²) >= 11 is 0. The minimum Gasteiger partial charge on any atom is -0.399 e. The van der Waals surface area contributed by atoms with Crippen LogP contribution in [0.3, 0.4) is 0 Å².